The number of nitrogens with one attached hydrogen (secondary N) is 1. The molecule has 1 aromatic heterocycles. The van der Waals surface area contributed by atoms with E-state index in [1.54, 1.807) is 55.8 Å². The van der Waals surface area contributed by atoms with E-state index >= 15 is 0 Å². The highest BCUT2D eigenvalue weighted by molar-refractivity contribution is 6.32. The van der Waals surface area contributed by atoms with E-state index in [0.717, 1.165) is 5.56 Å². The summed E-state index contributed by atoms with van der Waals surface area (Å²) in [7, 11) is 1.65. The van der Waals surface area contributed by atoms with Gasteiger partial charge in [0.15, 0.2) is 0 Å². The van der Waals surface area contributed by atoms with Crippen LogP contribution in [0.25, 0.3) is 0 Å². The van der Waals surface area contributed by atoms with Crippen molar-refractivity contribution in [3.63, 3.8) is 0 Å². The highest BCUT2D eigenvalue weighted by Crippen LogP contribution is 2.28. The number of benzene rings is 2. The van der Waals surface area contributed by atoms with Crippen molar-refractivity contribution in [3.05, 3.63) is 83.0 Å². The number of carbonyl (C=O) groups excluding carboxylic acids is 1. The molecule has 2 aromatic carbocycles. The van der Waals surface area contributed by atoms with E-state index in [4.69, 9.17) is 20.8 Å². The van der Waals surface area contributed by atoms with Crippen LogP contribution in [0.4, 0.5) is 14.9 Å². The van der Waals surface area contributed by atoms with Gasteiger partial charge in [-0.1, -0.05) is 23.7 Å². The molecule has 0 saturated heterocycles. The molecule has 2 amide bonds. The Morgan fingerprint density at radius 2 is 2.00 bits per heavy atom. The minimum absolute atomic E-state index is 0.263. The van der Waals surface area contributed by atoms with Gasteiger partial charge in [-0.3, -0.25) is 0 Å². The van der Waals surface area contributed by atoms with Crippen LogP contribution in [0.2, 0.25) is 5.02 Å². The molecule has 7 heteroatoms. The third kappa shape index (κ3) is 5.24. The smallest absolute Gasteiger partial charge is 0.321 e. The van der Waals surface area contributed by atoms with Gasteiger partial charge in [-0.15, -0.1) is 0 Å². The summed E-state index contributed by atoms with van der Waals surface area (Å²) < 4.78 is 23.8. The second kappa shape index (κ2) is 8.60. The first-order valence-corrected chi connectivity index (χ1v) is 8.60. The lowest BCUT2D eigenvalue weighted by atomic mass is 10.2. The maximum atomic E-state index is 13.0. The van der Waals surface area contributed by atoms with Gasteiger partial charge in [-0.2, -0.15) is 0 Å². The monoisotopic (exact) mass is 388 g/mol. The van der Waals surface area contributed by atoms with Gasteiger partial charge in [-0.05, 0) is 48.0 Å². The first kappa shape index (κ1) is 18.8. The Morgan fingerprint density at radius 1 is 1.22 bits per heavy atom. The first-order chi connectivity index (χ1) is 13.0. The number of amides is 2. The molecule has 0 aliphatic heterocycles. The molecule has 5 nitrogen and oxygen atoms in total. The molecule has 3 rings (SSSR count). The maximum absolute atomic E-state index is 13.0. The Morgan fingerprint density at radius 3 is 2.67 bits per heavy atom. The average Bonchev–Trinajstić information content (AvgIpc) is 3.16. The van der Waals surface area contributed by atoms with Gasteiger partial charge < -0.3 is 19.4 Å². The number of anilines is 1. The molecule has 0 atom stereocenters. The van der Waals surface area contributed by atoms with Crippen LogP contribution in [0.5, 0.6) is 5.75 Å². The van der Waals surface area contributed by atoms with Gasteiger partial charge in [0.25, 0.3) is 0 Å². The van der Waals surface area contributed by atoms with Crippen molar-refractivity contribution < 1.29 is 18.3 Å². The molecule has 1 heterocycles. The molecule has 27 heavy (non-hydrogen) atoms. The fourth-order valence-electron chi connectivity index (χ4n) is 2.39. The molecule has 0 aliphatic carbocycles. The van der Waals surface area contributed by atoms with Crippen molar-refractivity contribution in [1.29, 1.82) is 0 Å². The second-order valence-electron chi connectivity index (χ2n) is 5.93. The molecule has 0 spiro atoms. The fraction of sp³-hybridized carbons (Fsp3) is 0.150. The van der Waals surface area contributed by atoms with Crippen molar-refractivity contribution in [2.45, 2.75) is 13.2 Å². The fourth-order valence-corrected chi connectivity index (χ4v) is 2.63. The molecular formula is C20H18ClFN2O3. The predicted molar refractivity (Wildman–Crippen MR) is 101 cm³/mol. The van der Waals surface area contributed by atoms with E-state index in [9.17, 15) is 9.18 Å². The van der Waals surface area contributed by atoms with Crippen LogP contribution in [0.15, 0.2) is 65.3 Å². The highest BCUT2D eigenvalue weighted by atomic mass is 35.5. The Hall–Kier alpha value is -2.99. The zero-order valence-corrected chi connectivity index (χ0v) is 15.4. The second-order valence-corrected chi connectivity index (χ2v) is 6.33. The standard InChI is InChI=1S/C20H18ClFN2O3/c1-24(12-14-4-6-15(22)7-5-14)20(25)23-16-8-9-19(18(21)11-16)27-13-17-3-2-10-26-17/h2-11H,12-13H2,1H3,(H,23,25). The zero-order chi connectivity index (χ0) is 19.2. The van der Waals surface area contributed by atoms with Crippen LogP contribution in [0.3, 0.4) is 0 Å². The van der Waals surface area contributed by atoms with Crippen LogP contribution in [0.1, 0.15) is 11.3 Å². The Kier molecular flexibility index (Phi) is 5.98. The van der Waals surface area contributed by atoms with Gasteiger partial charge >= 0.3 is 6.03 Å². The number of rotatable bonds is 6. The van der Waals surface area contributed by atoms with Gasteiger partial charge in [-0.25, -0.2) is 9.18 Å². The summed E-state index contributed by atoms with van der Waals surface area (Å²) in [6.07, 6.45) is 1.57. The molecule has 1 N–H and O–H groups in total. The molecule has 0 bridgehead atoms. The van der Waals surface area contributed by atoms with E-state index in [2.05, 4.69) is 5.32 Å². The number of carbonyl (C=O) groups is 1. The first-order valence-electron chi connectivity index (χ1n) is 8.22. The molecule has 140 valence electrons. The lowest BCUT2D eigenvalue weighted by molar-refractivity contribution is 0.220. The molecule has 0 unspecified atom stereocenters. The maximum Gasteiger partial charge on any atom is 0.321 e. The summed E-state index contributed by atoms with van der Waals surface area (Å²) in [6.45, 7) is 0.614. The summed E-state index contributed by atoms with van der Waals surface area (Å²) in [5.41, 5.74) is 1.37. The molecular weight excluding hydrogens is 371 g/mol. The summed E-state index contributed by atoms with van der Waals surface area (Å²) in [5.74, 6) is 0.867. The predicted octanol–water partition coefficient (Wildman–Crippen LogP) is 5.32. The zero-order valence-electron chi connectivity index (χ0n) is 14.6. The van der Waals surface area contributed by atoms with E-state index in [-0.39, 0.29) is 18.5 Å². The van der Waals surface area contributed by atoms with Crippen molar-refractivity contribution >= 4 is 23.3 Å². The number of ether oxygens (including phenoxy) is 1. The van der Waals surface area contributed by atoms with Gasteiger partial charge in [0.2, 0.25) is 0 Å². The minimum Gasteiger partial charge on any atom is -0.484 e. The summed E-state index contributed by atoms with van der Waals surface area (Å²) >= 11 is 6.22. The lowest BCUT2D eigenvalue weighted by Crippen LogP contribution is -2.30. The molecule has 0 aliphatic rings. The van der Waals surface area contributed by atoms with Crippen LogP contribution in [0, 0.1) is 5.82 Å². The number of nitrogens with zero attached hydrogens (tertiary/aromatic N) is 1. The van der Waals surface area contributed by atoms with E-state index in [0.29, 0.717) is 28.8 Å². The van der Waals surface area contributed by atoms with Crippen LogP contribution >= 0.6 is 11.6 Å². The summed E-state index contributed by atoms with van der Waals surface area (Å²) in [6, 6.07) is 14.3. The highest BCUT2D eigenvalue weighted by Gasteiger charge is 2.11. The number of urea groups is 1. The third-order valence-electron chi connectivity index (χ3n) is 3.81. The van der Waals surface area contributed by atoms with Crippen molar-refractivity contribution in [1.82, 2.24) is 4.90 Å². The molecule has 0 radical (unpaired) electrons. The van der Waals surface area contributed by atoms with Gasteiger partial charge in [0.05, 0.1) is 11.3 Å². The normalized spacial score (nSPS) is 10.5. The topological polar surface area (TPSA) is 54.7 Å². The van der Waals surface area contributed by atoms with Crippen LogP contribution < -0.4 is 10.1 Å². The SMILES string of the molecule is CN(Cc1ccc(F)cc1)C(=O)Nc1ccc(OCc2ccco2)c(Cl)c1. The summed E-state index contributed by atoms with van der Waals surface area (Å²) in [5, 5.41) is 3.14. The number of furan rings is 1. The Bertz CT molecular complexity index is 898. The average molecular weight is 389 g/mol. The Balaban J connectivity index is 1.56. The molecule has 3 aromatic rings. The number of hydrogen-bond donors (Lipinski definition) is 1. The number of halogens is 2. The third-order valence-corrected chi connectivity index (χ3v) is 4.11. The van der Waals surface area contributed by atoms with Crippen molar-refractivity contribution in [2.24, 2.45) is 0 Å². The van der Waals surface area contributed by atoms with Crippen molar-refractivity contribution in [2.75, 3.05) is 12.4 Å². The molecule has 0 fully saturated rings. The minimum atomic E-state index is -0.310. The lowest BCUT2D eigenvalue weighted by Gasteiger charge is -2.18. The van der Waals surface area contributed by atoms with Gasteiger partial charge in [0, 0.05) is 19.3 Å². The molecule has 0 saturated carbocycles. The Labute approximate surface area is 161 Å². The van der Waals surface area contributed by atoms with Crippen LogP contribution in [-0.4, -0.2) is 18.0 Å². The van der Waals surface area contributed by atoms with E-state index < -0.39 is 0 Å². The van der Waals surface area contributed by atoms with Crippen LogP contribution in [-0.2, 0) is 13.2 Å². The van der Waals surface area contributed by atoms with Crippen molar-refractivity contribution in [3.8, 4) is 5.75 Å². The quantitative estimate of drug-likeness (QED) is 0.622. The number of hydrogen-bond acceptors (Lipinski definition) is 3. The van der Waals surface area contributed by atoms with E-state index in [1.807, 2.05) is 0 Å². The summed E-state index contributed by atoms with van der Waals surface area (Å²) in [4.78, 5) is 13.8. The van der Waals surface area contributed by atoms with E-state index in [1.165, 1.54) is 17.0 Å². The largest absolute Gasteiger partial charge is 0.484 e. The van der Waals surface area contributed by atoms with Gasteiger partial charge in [0.1, 0.15) is 23.9 Å².